The number of ether oxygens (including phenoxy) is 1. The van der Waals surface area contributed by atoms with E-state index in [9.17, 15) is 0 Å². The van der Waals surface area contributed by atoms with Crippen molar-refractivity contribution in [3.8, 4) is 0 Å². The van der Waals surface area contributed by atoms with Crippen molar-refractivity contribution in [3.63, 3.8) is 0 Å². The maximum Gasteiger partial charge on any atom is 0.0643 e. The zero-order chi connectivity index (χ0) is 10.3. The van der Waals surface area contributed by atoms with Crippen molar-refractivity contribution >= 4 is 0 Å². The molecule has 0 radical (unpaired) electrons. The van der Waals surface area contributed by atoms with Crippen molar-refractivity contribution in [2.45, 2.75) is 52.5 Å². The summed E-state index contributed by atoms with van der Waals surface area (Å²) in [5.74, 6) is 0.777. The molecule has 0 aromatic carbocycles. The van der Waals surface area contributed by atoms with E-state index in [2.05, 4.69) is 20.8 Å². The van der Waals surface area contributed by atoms with Gasteiger partial charge in [-0.25, -0.2) is 0 Å². The molecule has 0 aliphatic heterocycles. The van der Waals surface area contributed by atoms with Crippen LogP contribution in [0.4, 0.5) is 0 Å². The van der Waals surface area contributed by atoms with E-state index in [0.29, 0.717) is 6.61 Å². The summed E-state index contributed by atoms with van der Waals surface area (Å²) < 4.78 is 5.51. The highest BCUT2D eigenvalue weighted by molar-refractivity contribution is 4.75. The van der Waals surface area contributed by atoms with E-state index in [0.717, 1.165) is 25.4 Å². The van der Waals surface area contributed by atoms with Gasteiger partial charge in [0.2, 0.25) is 0 Å². The Balaban J connectivity index is 3.26. The maximum absolute atomic E-state index is 5.93. The molecule has 0 aliphatic rings. The maximum atomic E-state index is 5.93. The Morgan fingerprint density at radius 2 is 2.00 bits per heavy atom. The Labute approximate surface area is 82.8 Å². The SMILES string of the molecule is CCC(C)(N)COCCCC(C)C. The zero-order valence-electron chi connectivity index (χ0n) is 9.60. The molecule has 0 rings (SSSR count). The average molecular weight is 187 g/mol. The normalized spacial score (nSPS) is 16.2. The van der Waals surface area contributed by atoms with Crippen molar-refractivity contribution in [2.75, 3.05) is 13.2 Å². The third-order valence-electron chi connectivity index (χ3n) is 2.31. The van der Waals surface area contributed by atoms with Crippen molar-refractivity contribution in [1.82, 2.24) is 0 Å². The van der Waals surface area contributed by atoms with E-state index in [4.69, 9.17) is 10.5 Å². The summed E-state index contributed by atoms with van der Waals surface area (Å²) in [6.07, 6.45) is 3.36. The highest BCUT2D eigenvalue weighted by atomic mass is 16.5. The molecule has 13 heavy (non-hydrogen) atoms. The topological polar surface area (TPSA) is 35.2 Å². The van der Waals surface area contributed by atoms with Gasteiger partial charge in [0.25, 0.3) is 0 Å². The van der Waals surface area contributed by atoms with Gasteiger partial charge < -0.3 is 10.5 Å². The molecule has 0 fully saturated rings. The summed E-state index contributed by atoms with van der Waals surface area (Å²) in [5, 5.41) is 0. The van der Waals surface area contributed by atoms with Gasteiger partial charge in [0.05, 0.1) is 6.61 Å². The summed E-state index contributed by atoms with van der Waals surface area (Å²) in [7, 11) is 0. The van der Waals surface area contributed by atoms with Crippen LogP contribution in [0.2, 0.25) is 0 Å². The van der Waals surface area contributed by atoms with Crippen LogP contribution in [0.5, 0.6) is 0 Å². The Hall–Kier alpha value is -0.0800. The van der Waals surface area contributed by atoms with Crippen LogP contribution in [0.3, 0.4) is 0 Å². The standard InChI is InChI=1S/C11H25NO/c1-5-11(4,12)9-13-8-6-7-10(2)3/h10H,5-9,12H2,1-4H3. The molecule has 0 spiro atoms. The van der Waals surface area contributed by atoms with Crippen molar-refractivity contribution in [2.24, 2.45) is 11.7 Å². The van der Waals surface area contributed by atoms with Crippen LogP contribution in [0.1, 0.15) is 47.0 Å². The summed E-state index contributed by atoms with van der Waals surface area (Å²) in [5.41, 5.74) is 5.79. The summed E-state index contributed by atoms with van der Waals surface area (Å²) in [6.45, 7) is 10.1. The van der Waals surface area contributed by atoms with Gasteiger partial charge in [0.1, 0.15) is 0 Å². The monoisotopic (exact) mass is 187 g/mol. The second-order valence-electron chi connectivity index (χ2n) is 4.60. The molecule has 0 aliphatic carbocycles. The predicted molar refractivity (Wildman–Crippen MR) is 57.8 cm³/mol. The fourth-order valence-electron chi connectivity index (χ4n) is 1.00. The quantitative estimate of drug-likeness (QED) is 0.622. The Kier molecular flexibility index (Phi) is 6.35. The minimum Gasteiger partial charge on any atom is -0.380 e. The summed E-state index contributed by atoms with van der Waals surface area (Å²) in [6, 6.07) is 0. The average Bonchev–Trinajstić information content (AvgIpc) is 2.03. The number of rotatable bonds is 7. The molecule has 0 aromatic heterocycles. The fraction of sp³-hybridized carbons (Fsp3) is 1.00. The fourth-order valence-corrected chi connectivity index (χ4v) is 1.00. The van der Waals surface area contributed by atoms with E-state index in [1.54, 1.807) is 0 Å². The molecule has 2 N–H and O–H groups in total. The molecule has 1 unspecified atom stereocenters. The van der Waals surface area contributed by atoms with Crippen LogP contribution >= 0.6 is 0 Å². The molecular formula is C11H25NO. The van der Waals surface area contributed by atoms with E-state index < -0.39 is 0 Å². The highest BCUT2D eigenvalue weighted by Crippen LogP contribution is 2.07. The molecule has 0 amide bonds. The lowest BCUT2D eigenvalue weighted by Crippen LogP contribution is -2.40. The third kappa shape index (κ3) is 8.26. The van der Waals surface area contributed by atoms with Gasteiger partial charge >= 0.3 is 0 Å². The molecule has 0 heterocycles. The summed E-state index contributed by atoms with van der Waals surface area (Å²) in [4.78, 5) is 0. The first kappa shape index (κ1) is 12.9. The van der Waals surface area contributed by atoms with Crippen molar-refractivity contribution in [1.29, 1.82) is 0 Å². The molecule has 0 aromatic rings. The lowest BCUT2D eigenvalue weighted by Gasteiger charge is -2.22. The number of nitrogens with two attached hydrogens (primary N) is 1. The van der Waals surface area contributed by atoms with Gasteiger partial charge in [-0.15, -0.1) is 0 Å². The number of hydrogen-bond donors (Lipinski definition) is 1. The Bertz CT molecular complexity index is 121. The van der Waals surface area contributed by atoms with E-state index in [-0.39, 0.29) is 5.54 Å². The highest BCUT2D eigenvalue weighted by Gasteiger charge is 2.14. The Morgan fingerprint density at radius 3 is 2.46 bits per heavy atom. The van der Waals surface area contributed by atoms with Crippen LogP contribution < -0.4 is 5.73 Å². The van der Waals surface area contributed by atoms with Gasteiger partial charge in [0, 0.05) is 12.1 Å². The second kappa shape index (κ2) is 6.39. The van der Waals surface area contributed by atoms with Gasteiger partial charge in [0.15, 0.2) is 0 Å². The van der Waals surface area contributed by atoms with Crippen molar-refractivity contribution in [3.05, 3.63) is 0 Å². The van der Waals surface area contributed by atoms with Crippen molar-refractivity contribution < 1.29 is 4.74 Å². The molecule has 2 nitrogen and oxygen atoms in total. The third-order valence-corrected chi connectivity index (χ3v) is 2.31. The van der Waals surface area contributed by atoms with Crippen LogP contribution in [-0.4, -0.2) is 18.8 Å². The predicted octanol–water partition coefficient (Wildman–Crippen LogP) is 2.57. The van der Waals surface area contributed by atoms with E-state index in [1.165, 1.54) is 6.42 Å². The molecular weight excluding hydrogens is 162 g/mol. The molecule has 0 saturated carbocycles. The molecule has 80 valence electrons. The minimum atomic E-state index is -0.141. The Morgan fingerprint density at radius 1 is 1.38 bits per heavy atom. The molecule has 0 saturated heterocycles. The smallest absolute Gasteiger partial charge is 0.0643 e. The molecule has 1 atom stereocenters. The lowest BCUT2D eigenvalue weighted by molar-refractivity contribution is 0.0852. The minimum absolute atomic E-state index is 0.141. The first-order valence-corrected chi connectivity index (χ1v) is 5.34. The van der Waals surface area contributed by atoms with E-state index in [1.807, 2.05) is 6.92 Å². The van der Waals surface area contributed by atoms with Crippen LogP contribution in [0.25, 0.3) is 0 Å². The van der Waals surface area contributed by atoms with Gasteiger partial charge in [-0.3, -0.25) is 0 Å². The van der Waals surface area contributed by atoms with Crippen LogP contribution in [0.15, 0.2) is 0 Å². The molecule has 0 bridgehead atoms. The first-order valence-electron chi connectivity index (χ1n) is 5.34. The zero-order valence-corrected chi connectivity index (χ0v) is 9.60. The van der Waals surface area contributed by atoms with Crippen LogP contribution in [-0.2, 0) is 4.74 Å². The van der Waals surface area contributed by atoms with Gasteiger partial charge in [-0.2, -0.15) is 0 Å². The van der Waals surface area contributed by atoms with E-state index >= 15 is 0 Å². The summed E-state index contributed by atoms with van der Waals surface area (Å²) >= 11 is 0. The van der Waals surface area contributed by atoms with Crippen LogP contribution in [0, 0.1) is 5.92 Å². The lowest BCUT2D eigenvalue weighted by atomic mass is 10.0. The first-order chi connectivity index (χ1) is 5.98. The largest absolute Gasteiger partial charge is 0.380 e. The molecule has 2 heteroatoms. The number of hydrogen-bond acceptors (Lipinski definition) is 2. The van der Waals surface area contributed by atoms with Gasteiger partial charge in [-0.05, 0) is 32.1 Å². The second-order valence-corrected chi connectivity index (χ2v) is 4.60. The van der Waals surface area contributed by atoms with Gasteiger partial charge in [-0.1, -0.05) is 20.8 Å².